The van der Waals surface area contributed by atoms with Gasteiger partial charge >= 0.3 is 5.97 Å². The van der Waals surface area contributed by atoms with Gasteiger partial charge in [0.25, 0.3) is 0 Å². The van der Waals surface area contributed by atoms with Gasteiger partial charge in [0.2, 0.25) is 0 Å². The minimum Gasteiger partial charge on any atom is -0.466 e. The fraction of sp³-hybridized carbons (Fsp3) is 0.833. The number of esters is 1. The van der Waals surface area contributed by atoms with Gasteiger partial charge in [-0.2, -0.15) is 0 Å². The van der Waals surface area contributed by atoms with Crippen LogP contribution < -0.4 is 5.90 Å². The standard InChI is InChI=1S/C6H12NO3/c1-2-4-9-6(8)3-5-10-7/h7H,2-5H2,1H3. The molecule has 4 heteroatoms. The van der Waals surface area contributed by atoms with Crippen LogP contribution in [0.2, 0.25) is 0 Å². The number of carbonyl (C=O) groups excluding carboxylic acids is 1. The molecule has 0 aromatic heterocycles. The monoisotopic (exact) mass is 146 g/mol. The summed E-state index contributed by atoms with van der Waals surface area (Å²) in [6, 6.07) is 0. The molecule has 0 unspecified atom stereocenters. The molecule has 0 fully saturated rings. The summed E-state index contributed by atoms with van der Waals surface area (Å²) in [5, 5.41) is 0. The van der Waals surface area contributed by atoms with Crippen molar-refractivity contribution in [3.05, 3.63) is 0 Å². The van der Waals surface area contributed by atoms with Crippen molar-refractivity contribution in [2.24, 2.45) is 0 Å². The van der Waals surface area contributed by atoms with Gasteiger partial charge in [-0.3, -0.25) is 9.63 Å². The third-order valence-electron chi connectivity index (χ3n) is 0.875. The van der Waals surface area contributed by atoms with Crippen LogP contribution in [0.3, 0.4) is 0 Å². The molecule has 59 valence electrons. The zero-order chi connectivity index (χ0) is 7.82. The maximum Gasteiger partial charge on any atom is 0.308 e. The lowest BCUT2D eigenvalue weighted by Crippen LogP contribution is -2.08. The van der Waals surface area contributed by atoms with E-state index in [2.05, 4.69) is 4.84 Å². The number of carbonyl (C=O) groups is 1. The Hall–Kier alpha value is -0.610. The Morgan fingerprint density at radius 3 is 2.70 bits per heavy atom. The first-order valence-electron chi connectivity index (χ1n) is 3.25. The number of hydrogen-bond donors (Lipinski definition) is 0. The summed E-state index contributed by atoms with van der Waals surface area (Å²) in [6.07, 6.45) is 0.997. The van der Waals surface area contributed by atoms with Gasteiger partial charge in [0.15, 0.2) is 0 Å². The molecule has 4 nitrogen and oxygen atoms in total. The first kappa shape index (κ1) is 9.39. The van der Waals surface area contributed by atoms with Crippen LogP contribution in [0.15, 0.2) is 0 Å². The minimum absolute atomic E-state index is 0.114. The Morgan fingerprint density at radius 1 is 1.50 bits per heavy atom. The van der Waals surface area contributed by atoms with E-state index in [1.54, 1.807) is 0 Å². The van der Waals surface area contributed by atoms with Crippen molar-refractivity contribution >= 4 is 5.97 Å². The smallest absolute Gasteiger partial charge is 0.308 e. The van der Waals surface area contributed by atoms with Crippen molar-refractivity contribution in [1.82, 2.24) is 5.90 Å². The largest absolute Gasteiger partial charge is 0.466 e. The van der Waals surface area contributed by atoms with Crippen molar-refractivity contribution in [1.29, 1.82) is 0 Å². The van der Waals surface area contributed by atoms with Gasteiger partial charge in [0, 0.05) is 0 Å². The third-order valence-corrected chi connectivity index (χ3v) is 0.875. The first-order valence-corrected chi connectivity index (χ1v) is 3.25. The van der Waals surface area contributed by atoms with Crippen LogP contribution >= 0.6 is 0 Å². The normalized spacial score (nSPS) is 9.40. The Bertz CT molecular complexity index is 85.0. The van der Waals surface area contributed by atoms with E-state index in [4.69, 9.17) is 10.6 Å². The molecule has 0 aliphatic carbocycles. The average molecular weight is 146 g/mol. The second-order valence-corrected chi connectivity index (χ2v) is 1.82. The number of rotatable bonds is 5. The highest BCUT2D eigenvalue weighted by atomic mass is 16.6. The van der Waals surface area contributed by atoms with Crippen LogP contribution in [0.1, 0.15) is 19.8 Å². The van der Waals surface area contributed by atoms with Crippen molar-refractivity contribution in [2.75, 3.05) is 13.2 Å². The zero-order valence-electron chi connectivity index (χ0n) is 6.05. The van der Waals surface area contributed by atoms with Crippen LogP contribution in [0.25, 0.3) is 0 Å². The van der Waals surface area contributed by atoms with Crippen molar-refractivity contribution in [2.45, 2.75) is 19.8 Å². The van der Waals surface area contributed by atoms with Crippen molar-refractivity contribution in [3.8, 4) is 0 Å². The van der Waals surface area contributed by atoms with Gasteiger partial charge in [-0.05, 0) is 6.42 Å². The van der Waals surface area contributed by atoms with Gasteiger partial charge < -0.3 is 4.74 Å². The molecule has 0 amide bonds. The molecule has 0 aliphatic heterocycles. The number of hydrogen-bond acceptors (Lipinski definition) is 3. The Morgan fingerprint density at radius 2 is 2.20 bits per heavy atom. The molecule has 0 saturated carbocycles. The molecule has 0 atom stereocenters. The Balaban J connectivity index is 3.09. The zero-order valence-corrected chi connectivity index (χ0v) is 6.05. The van der Waals surface area contributed by atoms with Gasteiger partial charge in [0.05, 0.1) is 19.6 Å². The fourth-order valence-corrected chi connectivity index (χ4v) is 0.422. The first-order chi connectivity index (χ1) is 4.81. The minimum atomic E-state index is -0.297. The summed E-state index contributed by atoms with van der Waals surface area (Å²) < 4.78 is 4.69. The number of nitrogens with one attached hydrogen (secondary N) is 1. The number of ether oxygens (including phenoxy) is 1. The summed E-state index contributed by atoms with van der Waals surface area (Å²) in [7, 11) is 0. The van der Waals surface area contributed by atoms with E-state index in [0.29, 0.717) is 6.61 Å². The molecule has 0 aromatic carbocycles. The lowest BCUT2D eigenvalue weighted by molar-refractivity contribution is -0.145. The van der Waals surface area contributed by atoms with E-state index in [9.17, 15) is 4.79 Å². The quantitative estimate of drug-likeness (QED) is 0.420. The van der Waals surface area contributed by atoms with Crippen LogP contribution in [0.5, 0.6) is 0 Å². The maximum absolute atomic E-state index is 10.6. The van der Waals surface area contributed by atoms with E-state index in [1.165, 1.54) is 0 Å². The molecular formula is C6H12NO3. The van der Waals surface area contributed by atoms with Crippen LogP contribution in [-0.2, 0) is 14.4 Å². The highest BCUT2D eigenvalue weighted by molar-refractivity contribution is 5.69. The van der Waals surface area contributed by atoms with Crippen LogP contribution in [-0.4, -0.2) is 19.2 Å². The summed E-state index contributed by atoms with van der Waals surface area (Å²) >= 11 is 0. The molecule has 0 rings (SSSR count). The fourth-order valence-electron chi connectivity index (χ4n) is 0.422. The lowest BCUT2D eigenvalue weighted by atomic mass is 10.4. The van der Waals surface area contributed by atoms with Gasteiger partial charge in [-0.15, -0.1) is 5.90 Å². The molecule has 0 aliphatic rings. The Kier molecular flexibility index (Phi) is 6.11. The summed E-state index contributed by atoms with van der Waals surface area (Å²) in [5.41, 5.74) is 0. The molecular weight excluding hydrogens is 134 g/mol. The average Bonchev–Trinajstić information content (AvgIpc) is 1.97. The molecule has 1 radical (unpaired) electrons. The highest BCUT2D eigenvalue weighted by Gasteiger charge is 1.99. The molecule has 1 N–H and O–H groups in total. The summed E-state index contributed by atoms with van der Waals surface area (Å²) in [5.74, 6) is 5.97. The second kappa shape index (κ2) is 6.51. The Labute approximate surface area is 60.2 Å². The van der Waals surface area contributed by atoms with Gasteiger partial charge in [0.1, 0.15) is 0 Å². The molecule has 0 spiro atoms. The highest BCUT2D eigenvalue weighted by Crippen LogP contribution is 1.87. The molecule has 0 saturated heterocycles. The van der Waals surface area contributed by atoms with Gasteiger partial charge in [-0.1, -0.05) is 6.92 Å². The van der Waals surface area contributed by atoms with E-state index < -0.39 is 0 Å². The van der Waals surface area contributed by atoms with E-state index in [0.717, 1.165) is 6.42 Å². The van der Waals surface area contributed by atoms with E-state index in [1.807, 2.05) is 6.92 Å². The predicted molar refractivity (Wildman–Crippen MR) is 34.9 cm³/mol. The SMILES string of the molecule is CCCOC(=O)CCO[NH]. The second-order valence-electron chi connectivity index (χ2n) is 1.82. The van der Waals surface area contributed by atoms with Crippen LogP contribution in [0, 0.1) is 0 Å². The lowest BCUT2D eigenvalue weighted by Gasteiger charge is -2.00. The summed E-state index contributed by atoms with van der Waals surface area (Å²) in [4.78, 5) is 14.5. The topological polar surface area (TPSA) is 59.3 Å². The van der Waals surface area contributed by atoms with Crippen molar-refractivity contribution in [3.63, 3.8) is 0 Å². The van der Waals surface area contributed by atoms with Crippen molar-refractivity contribution < 1.29 is 14.4 Å². The van der Waals surface area contributed by atoms with Gasteiger partial charge in [-0.25, -0.2) is 0 Å². The third kappa shape index (κ3) is 5.53. The molecule has 0 bridgehead atoms. The summed E-state index contributed by atoms with van der Waals surface area (Å²) in [6.45, 7) is 2.49. The predicted octanol–water partition coefficient (Wildman–Crippen LogP) is 0.544. The molecule has 0 heterocycles. The molecule has 0 aromatic rings. The van der Waals surface area contributed by atoms with Crippen LogP contribution in [0.4, 0.5) is 0 Å². The maximum atomic E-state index is 10.6. The van der Waals surface area contributed by atoms with E-state index in [-0.39, 0.29) is 19.0 Å². The van der Waals surface area contributed by atoms with E-state index >= 15 is 0 Å². The molecule has 10 heavy (non-hydrogen) atoms.